The monoisotopic (exact) mass is 418 g/mol. The minimum Gasteiger partial charge on any atom is -0.490 e. The maximum atomic E-state index is 12.8. The lowest BCUT2D eigenvalue weighted by atomic mass is 10.2. The van der Waals surface area contributed by atoms with Crippen molar-refractivity contribution >= 4 is 15.9 Å². The van der Waals surface area contributed by atoms with Crippen molar-refractivity contribution in [2.45, 2.75) is 18.7 Å². The zero-order chi connectivity index (χ0) is 20.9. The fourth-order valence-electron chi connectivity index (χ4n) is 3.11. The first-order valence-electron chi connectivity index (χ1n) is 9.61. The van der Waals surface area contributed by atoms with Gasteiger partial charge in [-0.05, 0) is 38.1 Å². The Bertz CT molecular complexity index is 936. The van der Waals surface area contributed by atoms with Gasteiger partial charge in [0.05, 0.1) is 11.5 Å². The summed E-state index contributed by atoms with van der Waals surface area (Å²) in [7, 11) is -3.55. The second kappa shape index (κ2) is 9.28. The molecule has 1 heterocycles. The fraction of sp³-hybridized carbons (Fsp3) is 0.381. The van der Waals surface area contributed by atoms with Crippen LogP contribution in [0.4, 0.5) is 0 Å². The molecular weight excluding hydrogens is 392 g/mol. The van der Waals surface area contributed by atoms with Gasteiger partial charge in [-0.2, -0.15) is 4.31 Å². The Balaban J connectivity index is 1.55. The van der Waals surface area contributed by atoms with Gasteiger partial charge in [0.25, 0.3) is 5.91 Å². The fourth-order valence-corrected chi connectivity index (χ4v) is 4.53. The van der Waals surface area contributed by atoms with Gasteiger partial charge in [-0.3, -0.25) is 4.79 Å². The number of ether oxygens (including phenoxy) is 2. The zero-order valence-corrected chi connectivity index (χ0v) is 17.5. The number of nitrogens with zero attached hydrogens (tertiary/aromatic N) is 2. The summed E-state index contributed by atoms with van der Waals surface area (Å²) < 4.78 is 38.1. The molecule has 0 unspecified atom stereocenters. The lowest BCUT2D eigenvalue weighted by Crippen LogP contribution is -2.51. The minimum atomic E-state index is -3.55. The first-order chi connectivity index (χ1) is 13.9. The van der Waals surface area contributed by atoms with E-state index >= 15 is 0 Å². The van der Waals surface area contributed by atoms with Gasteiger partial charge in [-0.1, -0.05) is 29.8 Å². The van der Waals surface area contributed by atoms with E-state index in [4.69, 9.17) is 9.47 Å². The van der Waals surface area contributed by atoms with Crippen molar-refractivity contribution in [3.05, 3.63) is 54.1 Å². The second-order valence-electron chi connectivity index (χ2n) is 6.77. The normalized spacial score (nSPS) is 15.2. The standard InChI is InChI=1S/C21H26N2O5S/c1-3-27-19-6-4-5-7-20(19)28-16-21(24)22-12-14-23(15-13-22)29(25,26)18-10-8-17(2)9-11-18/h4-11H,3,12-16H2,1-2H3. The number of carbonyl (C=O) groups excluding carboxylic acids is 1. The van der Waals surface area contributed by atoms with Gasteiger partial charge < -0.3 is 14.4 Å². The van der Waals surface area contributed by atoms with Crippen LogP contribution in [0.2, 0.25) is 0 Å². The van der Waals surface area contributed by atoms with Crippen LogP contribution in [-0.2, 0) is 14.8 Å². The van der Waals surface area contributed by atoms with Crippen LogP contribution >= 0.6 is 0 Å². The first kappa shape index (κ1) is 21.1. The number of amides is 1. The third-order valence-electron chi connectivity index (χ3n) is 4.75. The summed E-state index contributed by atoms with van der Waals surface area (Å²) in [6.07, 6.45) is 0. The van der Waals surface area contributed by atoms with Crippen molar-refractivity contribution < 1.29 is 22.7 Å². The summed E-state index contributed by atoms with van der Waals surface area (Å²) in [6, 6.07) is 14.0. The summed E-state index contributed by atoms with van der Waals surface area (Å²) in [6.45, 7) is 5.37. The molecule has 0 aromatic heterocycles. The number of aryl methyl sites for hydroxylation is 1. The quantitative estimate of drug-likeness (QED) is 0.690. The van der Waals surface area contributed by atoms with Gasteiger partial charge in [0.1, 0.15) is 0 Å². The molecule has 0 saturated carbocycles. The zero-order valence-electron chi connectivity index (χ0n) is 16.7. The highest BCUT2D eigenvalue weighted by molar-refractivity contribution is 7.89. The number of benzene rings is 2. The Hall–Kier alpha value is -2.58. The number of piperazine rings is 1. The smallest absolute Gasteiger partial charge is 0.260 e. The third kappa shape index (κ3) is 5.07. The van der Waals surface area contributed by atoms with Crippen molar-refractivity contribution in [2.24, 2.45) is 0 Å². The molecule has 2 aromatic carbocycles. The Morgan fingerprint density at radius 1 is 0.931 bits per heavy atom. The predicted octanol–water partition coefficient (Wildman–Crippen LogP) is 2.31. The van der Waals surface area contributed by atoms with Crippen LogP contribution < -0.4 is 9.47 Å². The molecule has 0 spiro atoms. The van der Waals surface area contributed by atoms with Crippen LogP contribution in [0.1, 0.15) is 12.5 Å². The highest BCUT2D eigenvalue weighted by atomic mass is 32.2. The molecule has 29 heavy (non-hydrogen) atoms. The van der Waals surface area contributed by atoms with Crippen molar-refractivity contribution in [2.75, 3.05) is 39.4 Å². The van der Waals surface area contributed by atoms with Gasteiger partial charge in [-0.15, -0.1) is 0 Å². The van der Waals surface area contributed by atoms with E-state index in [1.165, 1.54) is 4.31 Å². The van der Waals surface area contributed by atoms with Crippen LogP contribution in [0.3, 0.4) is 0 Å². The summed E-state index contributed by atoms with van der Waals surface area (Å²) in [5.74, 6) is 0.934. The average Bonchev–Trinajstić information content (AvgIpc) is 2.73. The van der Waals surface area contributed by atoms with Crippen LogP contribution in [0.25, 0.3) is 0 Å². The lowest BCUT2D eigenvalue weighted by Gasteiger charge is -2.34. The van der Waals surface area contributed by atoms with Crippen LogP contribution in [-0.4, -0.2) is 62.9 Å². The van der Waals surface area contributed by atoms with Crippen LogP contribution in [0, 0.1) is 6.92 Å². The number of carbonyl (C=O) groups is 1. The molecule has 0 aliphatic carbocycles. The Kier molecular flexibility index (Phi) is 6.76. The molecule has 1 amide bonds. The van der Waals surface area contributed by atoms with E-state index in [9.17, 15) is 13.2 Å². The van der Waals surface area contributed by atoms with E-state index in [0.717, 1.165) is 5.56 Å². The van der Waals surface area contributed by atoms with E-state index in [2.05, 4.69) is 0 Å². The molecule has 1 saturated heterocycles. The number of para-hydroxylation sites is 2. The SMILES string of the molecule is CCOc1ccccc1OCC(=O)N1CCN(S(=O)(=O)c2ccc(C)cc2)CC1. The molecule has 1 aliphatic rings. The lowest BCUT2D eigenvalue weighted by molar-refractivity contribution is -0.134. The Morgan fingerprint density at radius 2 is 1.52 bits per heavy atom. The van der Waals surface area contributed by atoms with Gasteiger partial charge in [0.15, 0.2) is 18.1 Å². The maximum absolute atomic E-state index is 12.8. The highest BCUT2D eigenvalue weighted by Crippen LogP contribution is 2.26. The Morgan fingerprint density at radius 3 is 2.10 bits per heavy atom. The van der Waals surface area contributed by atoms with E-state index < -0.39 is 10.0 Å². The van der Waals surface area contributed by atoms with Gasteiger partial charge in [0.2, 0.25) is 10.0 Å². The van der Waals surface area contributed by atoms with E-state index in [-0.39, 0.29) is 30.5 Å². The first-order valence-corrected chi connectivity index (χ1v) is 11.0. The number of rotatable bonds is 7. The van der Waals surface area contributed by atoms with Crippen molar-refractivity contribution in [3.63, 3.8) is 0 Å². The minimum absolute atomic E-state index is 0.116. The largest absolute Gasteiger partial charge is 0.490 e. The van der Waals surface area contributed by atoms with Gasteiger partial charge >= 0.3 is 0 Å². The van der Waals surface area contributed by atoms with Crippen molar-refractivity contribution in [1.29, 1.82) is 0 Å². The van der Waals surface area contributed by atoms with Gasteiger partial charge in [-0.25, -0.2) is 8.42 Å². The number of hydrogen-bond acceptors (Lipinski definition) is 5. The van der Waals surface area contributed by atoms with Crippen LogP contribution in [0.5, 0.6) is 11.5 Å². The molecule has 7 nitrogen and oxygen atoms in total. The molecule has 0 radical (unpaired) electrons. The molecule has 0 N–H and O–H groups in total. The topological polar surface area (TPSA) is 76.2 Å². The van der Waals surface area contributed by atoms with Crippen LogP contribution in [0.15, 0.2) is 53.4 Å². The number of hydrogen-bond donors (Lipinski definition) is 0. The summed E-state index contributed by atoms with van der Waals surface area (Å²) in [5, 5.41) is 0. The second-order valence-corrected chi connectivity index (χ2v) is 8.70. The highest BCUT2D eigenvalue weighted by Gasteiger charge is 2.30. The molecule has 3 rings (SSSR count). The van der Waals surface area contributed by atoms with E-state index in [0.29, 0.717) is 31.2 Å². The van der Waals surface area contributed by atoms with Crippen molar-refractivity contribution in [1.82, 2.24) is 9.21 Å². The Labute approximate surface area is 171 Å². The third-order valence-corrected chi connectivity index (χ3v) is 6.66. The summed E-state index contributed by atoms with van der Waals surface area (Å²) in [4.78, 5) is 14.4. The molecule has 8 heteroatoms. The molecule has 0 bridgehead atoms. The molecule has 1 aliphatic heterocycles. The number of sulfonamides is 1. The summed E-state index contributed by atoms with van der Waals surface area (Å²) >= 11 is 0. The maximum Gasteiger partial charge on any atom is 0.260 e. The molecule has 2 aromatic rings. The molecule has 0 atom stereocenters. The predicted molar refractivity (Wildman–Crippen MR) is 110 cm³/mol. The van der Waals surface area contributed by atoms with E-state index in [1.54, 1.807) is 41.3 Å². The summed E-state index contributed by atoms with van der Waals surface area (Å²) in [5.41, 5.74) is 1.00. The molecule has 156 valence electrons. The van der Waals surface area contributed by atoms with E-state index in [1.807, 2.05) is 26.0 Å². The average molecular weight is 419 g/mol. The molecular formula is C21H26N2O5S. The van der Waals surface area contributed by atoms with Gasteiger partial charge in [0, 0.05) is 26.2 Å². The molecule has 1 fully saturated rings. The van der Waals surface area contributed by atoms with Crippen molar-refractivity contribution in [3.8, 4) is 11.5 Å².